The van der Waals surface area contributed by atoms with E-state index in [1.807, 2.05) is 6.92 Å². The number of thiazole rings is 1. The average Bonchev–Trinajstić information content (AvgIpc) is 3.27. The molecule has 4 aromatic heterocycles. The second kappa shape index (κ2) is 9.77. The molecule has 5 heterocycles. The number of rotatable bonds is 5. The summed E-state index contributed by atoms with van der Waals surface area (Å²) in [4.78, 5) is 37.1. The number of halogens is 2. The van der Waals surface area contributed by atoms with Crippen molar-refractivity contribution in [3.05, 3.63) is 47.1 Å². The molecule has 192 valence electrons. The van der Waals surface area contributed by atoms with E-state index in [1.54, 1.807) is 17.0 Å². The standard InChI is InChI=1S/C24H23ClFN7O3S/c1-12-6-13(14-7-18(25)28-9-16(14)36-3)15(8-27-12)21(34)32-23-31-20-22(37-23)30-19(10-29-20)33-5-4-24(2,35)17(26)11-33/h6-10,17,35H,4-5,11H2,1-3H3,(H,29,31,32,34)/t17-,24+/m0/s1. The van der Waals surface area contributed by atoms with Gasteiger partial charge in [0.15, 0.2) is 15.6 Å². The number of carbonyl (C=O) groups is 1. The van der Waals surface area contributed by atoms with E-state index >= 15 is 0 Å². The van der Waals surface area contributed by atoms with Gasteiger partial charge in [0.25, 0.3) is 5.91 Å². The first kappa shape index (κ1) is 25.2. The number of nitrogens with zero attached hydrogens (tertiary/aromatic N) is 6. The van der Waals surface area contributed by atoms with Gasteiger partial charge in [0, 0.05) is 29.6 Å². The number of hydrogen-bond donors (Lipinski definition) is 2. The van der Waals surface area contributed by atoms with Crippen LogP contribution in [0.2, 0.25) is 5.15 Å². The topological polar surface area (TPSA) is 126 Å². The van der Waals surface area contributed by atoms with Crippen molar-refractivity contribution in [1.82, 2.24) is 24.9 Å². The lowest BCUT2D eigenvalue weighted by atomic mass is 9.92. The van der Waals surface area contributed by atoms with Crippen molar-refractivity contribution in [2.24, 2.45) is 0 Å². The second-order valence-electron chi connectivity index (χ2n) is 8.93. The van der Waals surface area contributed by atoms with E-state index in [0.717, 1.165) is 11.3 Å². The highest BCUT2D eigenvalue weighted by Gasteiger charge is 2.38. The average molecular weight is 544 g/mol. The zero-order chi connectivity index (χ0) is 26.3. The van der Waals surface area contributed by atoms with Crippen molar-refractivity contribution in [3.63, 3.8) is 0 Å². The molecule has 4 aromatic rings. The number of piperidine rings is 1. The lowest BCUT2D eigenvalue weighted by Gasteiger charge is -2.38. The first-order valence-electron chi connectivity index (χ1n) is 11.4. The Kier molecular flexibility index (Phi) is 6.65. The van der Waals surface area contributed by atoms with Gasteiger partial charge in [-0.1, -0.05) is 22.9 Å². The van der Waals surface area contributed by atoms with Crippen molar-refractivity contribution in [3.8, 4) is 16.9 Å². The number of fused-ring (bicyclic) bond motifs is 1. The Labute approximate surface area is 220 Å². The van der Waals surface area contributed by atoms with Crippen LogP contribution in [-0.2, 0) is 0 Å². The highest BCUT2D eigenvalue weighted by molar-refractivity contribution is 7.21. The maximum absolute atomic E-state index is 14.3. The number of methoxy groups -OCH3 is 1. The molecule has 37 heavy (non-hydrogen) atoms. The highest BCUT2D eigenvalue weighted by atomic mass is 35.5. The van der Waals surface area contributed by atoms with Gasteiger partial charge in [-0.3, -0.25) is 15.1 Å². The van der Waals surface area contributed by atoms with Gasteiger partial charge >= 0.3 is 0 Å². The molecule has 0 saturated carbocycles. The molecule has 0 aliphatic carbocycles. The number of anilines is 2. The summed E-state index contributed by atoms with van der Waals surface area (Å²) in [5.41, 5.74) is 1.17. The van der Waals surface area contributed by atoms with E-state index in [1.165, 1.54) is 32.6 Å². The summed E-state index contributed by atoms with van der Waals surface area (Å²) in [5.74, 6) is 0.508. The fraction of sp³-hybridized carbons (Fsp3) is 0.333. The van der Waals surface area contributed by atoms with Crippen LogP contribution in [0.15, 0.2) is 30.7 Å². The summed E-state index contributed by atoms with van der Waals surface area (Å²) in [6, 6.07) is 3.39. The third kappa shape index (κ3) is 5.04. The molecule has 2 N–H and O–H groups in total. The van der Waals surface area contributed by atoms with Crippen LogP contribution in [0.3, 0.4) is 0 Å². The molecule has 0 aromatic carbocycles. The van der Waals surface area contributed by atoms with Crippen LogP contribution in [0.5, 0.6) is 5.75 Å². The van der Waals surface area contributed by atoms with Gasteiger partial charge in [-0.2, -0.15) is 4.98 Å². The van der Waals surface area contributed by atoms with Crippen LogP contribution in [-0.4, -0.2) is 67.9 Å². The SMILES string of the molecule is COc1cnc(Cl)cc1-c1cc(C)ncc1C(=O)Nc1nc2ncc(N3CC[C@@](C)(O)[C@@H](F)C3)nc2s1. The van der Waals surface area contributed by atoms with E-state index in [2.05, 4.69) is 30.2 Å². The summed E-state index contributed by atoms with van der Waals surface area (Å²) in [6.45, 7) is 3.77. The van der Waals surface area contributed by atoms with Crippen LogP contribution in [0.25, 0.3) is 21.6 Å². The summed E-state index contributed by atoms with van der Waals surface area (Å²) in [5, 5.41) is 13.5. The Morgan fingerprint density at radius 2 is 2.05 bits per heavy atom. The quantitative estimate of drug-likeness (QED) is 0.358. The van der Waals surface area contributed by atoms with Crippen LogP contribution >= 0.6 is 22.9 Å². The number of aromatic nitrogens is 5. The van der Waals surface area contributed by atoms with Gasteiger partial charge in [0.2, 0.25) is 0 Å². The molecule has 5 rings (SSSR count). The van der Waals surface area contributed by atoms with E-state index in [4.69, 9.17) is 16.3 Å². The first-order chi connectivity index (χ1) is 17.6. The smallest absolute Gasteiger partial charge is 0.259 e. The summed E-state index contributed by atoms with van der Waals surface area (Å²) in [7, 11) is 1.51. The molecule has 0 unspecified atom stereocenters. The number of alkyl halides is 1. The third-order valence-corrected chi connectivity index (χ3v) is 7.29. The van der Waals surface area contributed by atoms with Crippen LogP contribution in [0, 0.1) is 6.92 Å². The molecule has 0 bridgehead atoms. The number of nitrogens with one attached hydrogen (secondary N) is 1. The minimum absolute atomic E-state index is 0.0151. The molecule has 1 aliphatic rings. The number of aryl methyl sites for hydroxylation is 1. The first-order valence-corrected chi connectivity index (χ1v) is 12.6. The highest BCUT2D eigenvalue weighted by Crippen LogP contribution is 2.35. The van der Waals surface area contributed by atoms with Crippen molar-refractivity contribution >= 4 is 50.3 Å². The van der Waals surface area contributed by atoms with Crippen molar-refractivity contribution in [1.29, 1.82) is 0 Å². The Morgan fingerprint density at radius 3 is 2.81 bits per heavy atom. The molecule has 1 amide bonds. The number of hydrogen-bond acceptors (Lipinski definition) is 10. The van der Waals surface area contributed by atoms with E-state index in [0.29, 0.717) is 56.1 Å². The zero-order valence-electron chi connectivity index (χ0n) is 20.2. The molecule has 1 aliphatic heterocycles. The van der Waals surface area contributed by atoms with E-state index < -0.39 is 17.7 Å². The molecular weight excluding hydrogens is 521 g/mol. The summed E-state index contributed by atoms with van der Waals surface area (Å²) in [6.07, 6.45) is 3.36. The van der Waals surface area contributed by atoms with Crippen molar-refractivity contribution in [2.45, 2.75) is 32.0 Å². The Hall–Kier alpha value is -3.48. The van der Waals surface area contributed by atoms with Crippen molar-refractivity contribution < 1.29 is 19.0 Å². The molecule has 10 nitrogen and oxygen atoms in total. The lowest BCUT2D eigenvalue weighted by molar-refractivity contribution is -0.0331. The number of carbonyl (C=O) groups excluding carboxylic acids is 1. The van der Waals surface area contributed by atoms with Crippen LogP contribution < -0.4 is 15.0 Å². The maximum Gasteiger partial charge on any atom is 0.259 e. The van der Waals surface area contributed by atoms with Crippen LogP contribution in [0.1, 0.15) is 29.4 Å². The van der Waals surface area contributed by atoms with Gasteiger partial charge in [0.05, 0.1) is 37.2 Å². The van der Waals surface area contributed by atoms with Gasteiger partial charge in [0.1, 0.15) is 22.9 Å². The van der Waals surface area contributed by atoms with E-state index in [-0.39, 0.29) is 18.1 Å². The normalized spacial score (nSPS) is 19.7. The molecule has 2 atom stereocenters. The van der Waals surface area contributed by atoms with Crippen molar-refractivity contribution in [2.75, 3.05) is 30.4 Å². The predicted octanol–water partition coefficient (Wildman–Crippen LogP) is 4.07. The molecular formula is C24H23ClFN7O3S. The Morgan fingerprint density at radius 1 is 1.24 bits per heavy atom. The van der Waals surface area contributed by atoms with E-state index in [9.17, 15) is 14.3 Å². The molecule has 13 heteroatoms. The molecule has 0 spiro atoms. The monoisotopic (exact) mass is 543 g/mol. The molecule has 1 saturated heterocycles. The minimum atomic E-state index is -1.40. The number of aliphatic hydroxyl groups is 1. The van der Waals surface area contributed by atoms with Crippen LogP contribution in [0.4, 0.5) is 15.3 Å². The maximum atomic E-state index is 14.3. The lowest BCUT2D eigenvalue weighted by Crippen LogP contribution is -2.52. The summed E-state index contributed by atoms with van der Waals surface area (Å²) < 4.78 is 19.8. The van der Waals surface area contributed by atoms with Gasteiger partial charge < -0.3 is 14.7 Å². The second-order valence-corrected chi connectivity index (χ2v) is 10.3. The number of pyridine rings is 2. The molecule has 0 radical (unpaired) electrons. The predicted molar refractivity (Wildman–Crippen MR) is 139 cm³/mol. The molecule has 1 fully saturated rings. The fourth-order valence-corrected chi connectivity index (χ4v) is 4.99. The third-order valence-electron chi connectivity index (χ3n) is 6.23. The largest absolute Gasteiger partial charge is 0.494 e. The zero-order valence-corrected chi connectivity index (χ0v) is 21.8. The minimum Gasteiger partial charge on any atom is -0.494 e. The van der Waals surface area contributed by atoms with Gasteiger partial charge in [-0.05, 0) is 32.4 Å². The fourth-order valence-electron chi connectivity index (χ4n) is 4.04. The number of amides is 1. The summed E-state index contributed by atoms with van der Waals surface area (Å²) >= 11 is 7.27. The Balaban J connectivity index is 1.42. The van der Waals surface area contributed by atoms with Gasteiger partial charge in [-0.15, -0.1) is 0 Å². The number of ether oxygens (including phenoxy) is 1. The van der Waals surface area contributed by atoms with Gasteiger partial charge in [-0.25, -0.2) is 19.3 Å². The Bertz CT molecular complexity index is 1500.